The lowest BCUT2D eigenvalue weighted by atomic mass is 10.1. The van der Waals surface area contributed by atoms with Gasteiger partial charge in [0.05, 0.1) is 18.4 Å². The molecule has 1 rings (SSSR count). The van der Waals surface area contributed by atoms with Gasteiger partial charge in [0.15, 0.2) is 0 Å². The maximum absolute atomic E-state index is 5.89. The Kier molecular flexibility index (Phi) is 3.99. The van der Waals surface area contributed by atoms with Crippen LogP contribution in [0.2, 0.25) is 0 Å². The van der Waals surface area contributed by atoms with Crippen molar-refractivity contribution in [2.75, 3.05) is 7.11 Å². The minimum absolute atomic E-state index is 0.00685. The van der Waals surface area contributed by atoms with Gasteiger partial charge >= 0.3 is 0 Å². The largest absolute Gasteiger partial charge is 0.468 e. The third-order valence-corrected chi connectivity index (χ3v) is 2.20. The molecule has 1 aromatic rings. The van der Waals surface area contributed by atoms with Gasteiger partial charge in [-0.2, -0.15) is 0 Å². The number of hydrogen-bond donors (Lipinski definition) is 1. The van der Waals surface area contributed by atoms with Gasteiger partial charge in [-0.1, -0.05) is 0 Å². The molecule has 3 nitrogen and oxygen atoms in total. The lowest BCUT2D eigenvalue weighted by Gasteiger charge is -2.12. The summed E-state index contributed by atoms with van der Waals surface area (Å²) in [6.45, 7) is 2.04. The third-order valence-electron chi connectivity index (χ3n) is 2.20. The van der Waals surface area contributed by atoms with Crippen LogP contribution in [-0.2, 0) is 4.74 Å². The van der Waals surface area contributed by atoms with Crippen molar-refractivity contribution in [3.8, 4) is 0 Å². The molecule has 0 amide bonds. The molecule has 0 radical (unpaired) electrons. The molecule has 2 N–H and O–H groups in total. The Morgan fingerprint density at radius 2 is 2.31 bits per heavy atom. The molecular weight excluding hydrogens is 166 g/mol. The molecule has 0 saturated carbocycles. The molecule has 0 aliphatic carbocycles. The first kappa shape index (κ1) is 10.3. The summed E-state index contributed by atoms with van der Waals surface area (Å²) in [7, 11) is 1.71. The second-order valence-electron chi connectivity index (χ2n) is 3.25. The Morgan fingerprint density at radius 1 is 1.54 bits per heavy atom. The van der Waals surface area contributed by atoms with Crippen LogP contribution in [0.3, 0.4) is 0 Å². The van der Waals surface area contributed by atoms with Crippen LogP contribution < -0.4 is 5.73 Å². The van der Waals surface area contributed by atoms with E-state index in [4.69, 9.17) is 14.9 Å². The van der Waals surface area contributed by atoms with Crippen molar-refractivity contribution in [1.29, 1.82) is 0 Å². The van der Waals surface area contributed by atoms with Crippen molar-refractivity contribution in [2.24, 2.45) is 5.73 Å². The van der Waals surface area contributed by atoms with Crippen molar-refractivity contribution in [3.63, 3.8) is 0 Å². The summed E-state index contributed by atoms with van der Waals surface area (Å²) in [5.41, 5.74) is 5.89. The van der Waals surface area contributed by atoms with Crippen LogP contribution in [0.5, 0.6) is 0 Å². The maximum atomic E-state index is 5.89. The summed E-state index contributed by atoms with van der Waals surface area (Å²) in [6, 6.07) is 3.75. The van der Waals surface area contributed by atoms with Gasteiger partial charge in [-0.25, -0.2) is 0 Å². The molecule has 1 aromatic heterocycles. The van der Waals surface area contributed by atoms with E-state index < -0.39 is 0 Å². The average molecular weight is 183 g/mol. The van der Waals surface area contributed by atoms with E-state index in [0.29, 0.717) is 0 Å². The normalized spacial score (nSPS) is 15.6. The Labute approximate surface area is 78.9 Å². The standard InChI is InChI=1S/C10H17NO2/c1-8(12-2)5-6-9(11)10-4-3-7-13-10/h3-4,7-9H,5-6,11H2,1-2H3. The molecule has 13 heavy (non-hydrogen) atoms. The Balaban J connectivity index is 2.30. The van der Waals surface area contributed by atoms with Crippen LogP contribution >= 0.6 is 0 Å². The van der Waals surface area contributed by atoms with Crippen LogP contribution in [0.1, 0.15) is 31.6 Å². The molecule has 2 unspecified atom stereocenters. The molecule has 0 fully saturated rings. The highest BCUT2D eigenvalue weighted by Gasteiger charge is 2.10. The lowest BCUT2D eigenvalue weighted by Crippen LogP contribution is -2.13. The van der Waals surface area contributed by atoms with Crippen LogP contribution in [0.4, 0.5) is 0 Å². The van der Waals surface area contributed by atoms with Crippen LogP contribution in [-0.4, -0.2) is 13.2 Å². The highest BCUT2D eigenvalue weighted by atomic mass is 16.5. The Hall–Kier alpha value is -0.800. The predicted octanol–water partition coefficient (Wildman–Crippen LogP) is 2.09. The second kappa shape index (κ2) is 5.04. The number of rotatable bonds is 5. The van der Waals surface area contributed by atoms with Crippen molar-refractivity contribution in [1.82, 2.24) is 0 Å². The summed E-state index contributed by atoms with van der Waals surface area (Å²) >= 11 is 0. The zero-order valence-corrected chi connectivity index (χ0v) is 8.19. The third kappa shape index (κ3) is 3.20. The van der Waals surface area contributed by atoms with Gasteiger partial charge in [-0.15, -0.1) is 0 Å². The first-order valence-corrected chi connectivity index (χ1v) is 4.55. The van der Waals surface area contributed by atoms with Gasteiger partial charge in [-0.05, 0) is 31.9 Å². The van der Waals surface area contributed by atoms with Gasteiger partial charge in [-0.3, -0.25) is 0 Å². The fraction of sp³-hybridized carbons (Fsp3) is 0.600. The molecule has 0 bridgehead atoms. The lowest BCUT2D eigenvalue weighted by molar-refractivity contribution is 0.106. The van der Waals surface area contributed by atoms with E-state index in [1.54, 1.807) is 13.4 Å². The summed E-state index contributed by atoms with van der Waals surface area (Å²) < 4.78 is 10.3. The fourth-order valence-corrected chi connectivity index (χ4v) is 1.18. The highest BCUT2D eigenvalue weighted by molar-refractivity contribution is 5.03. The fourth-order valence-electron chi connectivity index (χ4n) is 1.18. The molecule has 0 aliphatic rings. The van der Waals surface area contributed by atoms with E-state index in [9.17, 15) is 0 Å². The van der Waals surface area contributed by atoms with Crippen molar-refractivity contribution >= 4 is 0 Å². The number of ether oxygens (including phenoxy) is 1. The van der Waals surface area contributed by atoms with Gasteiger partial charge < -0.3 is 14.9 Å². The molecule has 0 saturated heterocycles. The number of furan rings is 1. The van der Waals surface area contributed by atoms with Gasteiger partial charge in [0.25, 0.3) is 0 Å². The summed E-state index contributed by atoms with van der Waals surface area (Å²) in [5, 5.41) is 0. The number of nitrogens with two attached hydrogens (primary N) is 1. The zero-order chi connectivity index (χ0) is 9.68. The Bertz CT molecular complexity index is 221. The minimum Gasteiger partial charge on any atom is -0.468 e. The van der Waals surface area contributed by atoms with E-state index in [1.807, 2.05) is 19.1 Å². The SMILES string of the molecule is COC(C)CCC(N)c1ccco1. The maximum Gasteiger partial charge on any atom is 0.120 e. The van der Waals surface area contributed by atoms with E-state index in [0.717, 1.165) is 18.6 Å². The molecule has 2 atom stereocenters. The summed E-state index contributed by atoms with van der Waals surface area (Å²) in [4.78, 5) is 0. The van der Waals surface area contributed by atoms with E-state index >= 15 is 0 Å². The van der Waals surface area contributed by atoms with Gasteiger partial charge in [0.2, 0.25) is 0 Å². The zero-order valence-electron chi connectivity index (χ0n) is 8.19. The number of hydrogen-bond acceptors (Lipinski definition) is 3. The average Bonchev–Trinajstić information content (AvgIpc) is 2.66. The van der Waals surface area contributed by atoms with Crippen LogP contribution in [0.15, 0.2) is 22.8 Å². The molecule has 0 aromatic carbocycles. The van der Waals surface area contributed by atoms with Crippen molar-refractivity contribution in [2.45, 2.75) is 31.9 Å². The molecular formula is C10H17NO2. The first-order valence-electron chi connectivity index (χ1n) is 4.55. The van der Waals surface area contributed by atoms with E-state index in [2.05, 4.69) is 0 Å². The monoisotopic (exact) mass is 183 g/mol. The molecule has 3 heteroatoms. The second-order valence-corrected chi connectivity index (χ2v) is 3.25. The topological polar surface area (TPSA) is 48.4 Å². The van der Waals surface area contributed by atoms with E-state index in [1.165, 1.54) is 0 Å². The first-order chi connectivity index (χ1) is 6.24. The van der Waals surface area contributed by atoms with Crippen LogP contribution in [0.25, 0.3) is 0 Å². The smallest absolute Gasteiger partial charge is 0.120 e. The molecule has 0 aliphatic heterocycles. The highest BCUT2D eigenvalue weighted by Crippen LogP contribution is 2.17. The Morgan fingerprint density at radius 3 is 2.85 bits per heavy atom. The predicted molar refractivity (Wildman–Crippen MR) is 51.3 cm³/mol. The summed E-state index contributed by atoms with van der Waals surface area (Å²) in [5.74, 6) is 0.850. The number of methoxy groups -OCH3 is 1. The van der Waals surface area contributed by atoms with Crippen molar-refractivity contribution < 1.29 is 9.15 Å². The quantitative estimate of drug-likeness (QED) is 0.760. The molecule has 0 spiro atoms. The molecule has 74 valence electrons. The van der Waals surface area contributed by atoms with E-state index in [-0.39, 0.29) is 12.1 Å². The van der Waals surface area contributed by atoms with Gasteiger partial charge in [0, 0.05) is 7.11 Å². The molecule has 1 heterocycles. The summed E-state index contributed by atoms with van der Waals surface area (Å²) in [6.07, 6.45) is 3.76. The minimum atomic E-state index is -0.00685. The van der Waals surface area contributed by atoms with Gasteiger partial charge in [0.1, 0.15) is 5.76 Å². The van der Waals surface area contributed by atoms with Crippen LogP contribution in [0, 0.1) is 0 Å². The van der Waals surface area contributed by atoms with Crippen molar-refractivity contribution in [3.05, 3.63) is 24.2 Å².